The second-order valence-corrected chi connectivity index (χ2v) is 9.43. The Morgan fingerprint density at radius 3 is 0.962 bits per heavy atom. The first-order chi connectivity index (χ1) is 11.9. The van der Waals surface area contributed by atoms with Gasteiger partial charge >= 0.3 is 7.82 Å². The van der Waals surface area contributed by atoms with E-state index in [9.17, 15) is 4.57 Å². The first-order valence-electron chi connectivity index (χ1n) is 5.74. The predicted molar refractivity (Wildman–Crippen MR) is 112 cm³/mol. The molecule has 0 aliphatic heterocycles. The molecule has 0 unspecified atom stereocenters. The van der Waals surface area contributed by atoms with Crippen molar-refractivity contribution in [3.63, 3.8) is 0 Å². The number of phosphoric ester groups is 1. The zero-order valence-electron chi connectivity index (χ0n) is 11.9. The molecular weight excluding hydrogens is 558 g/mol. The summed E-state index contributed by atoms with van der Waals surface area (Å²) < 4.78 is 26.6. The lowest BCUT2D eigenvalue weighted by Gasteiger charge is -2.13. The van der Waals surface area contributed by atoms with E-state index in [1.165, 1.54) is 0 Å². The standard InChI is InChI=1S/C12H6Cl9O4P/c13-7(1-10(16)17)4-23-26(22,24-5-8(14)2-11(18)19)25-6-9(15)3-12(20)21/h1-6H/b7-4+,8-5+,9-6+. The third kappa shape index (κ3) is 14.7. The Morgan fingerprint density at radius 1 is 0.538 bits per heavy atom. The predicted octanol–water partition coefficient (Wildman–Crippen LogP) is 9.34. The fourth-order valence-corrected chi connectivity index (χ4v) is 3.40. The molecule has 0 fully saturated rings. The van der Waals surface area contributed by atoms with Crippen LogP contribution < -0.4 is 0 Å². The van der Waals surface area contributed by atoms with Gasteiger partial charge in [-0.2, -0.15) is 4.57 Å². The van der Waals surface area contributed by atoms with Gasteiger partial charge in [-0.3, -0.25) is 0 Å². The van der Waals surface area contributed by atoms with Gasteiger partial charge in [0, 0.05) is 0 Å². The Morgan fingerprint density at radius 2 is 0.769 bits per heavy atom. The average molecular weight is 564 g/mol. The monoisotopic (exact) mass is 560 g/mol. The number of rotatable bonds is 9. The molecule has 4 nitrogen and oxygen atoms in total. The lowest BCUT2D eigenvalue weighted by atomic mass is 10.6. The van der Waals surface area contributed by atoms with E-state index in [2.05, 4.69) is 0 Å². The van der Waals surface area contributed by atoms with Crippen molar-refractivity contribution in [2.75, 3.05) is 0 Å². The van der Waals surface area contributed by atoms with E-state index in [0.717, 1.165) is 37.0 Å². The summed E-state index contributed by atoms with van der Waals surface area (Å²) in [6.45, 7) is 0. The van der Waals surface area contributed by atoms with Gasteiger partial charge in [0.25, 0.3) is 0 Å². The van der Waals surface area contributed by atoms with Crippen LogP contribution in [-0.4, -0.2) is 0 Å². The van der Waals surface area contributed by atoms with Gasteiger partial charge in [-0.25, -0.2) is 0 Å². The van der Waals surface area contributed by atoms with Crippen molar-refractivity contribution in [1.82, 2.24) is 0 Å². The van der Waals surface area contributed by atoms with E-state index in [1.54, 1.807) is 0 Å². The summed E-state index contributed by atoms with van der Waals surface area (Å²) in [5.74, 6) is 0. The Kier molecular flexibility index (Phi) is 14.1. The van der Waals surface area contributed by atoms with Gasteiger partial charge in [-0.1, -0.05) is 104 Å². The van der Waals surface area contributed by atoms with E-state index < -0.39 is 7.82 Å². The van der Waals surface area contributed by atoms with E-state index in [-0.39, 0.29) is 28.6 Å². The third-order valence-electron chi connectivity index (χ3n) is 1.62. The molecule has 0 aliphatic carbocycles. The van der Waals surface area contributed by atoms with Crippen LogP contribution in [0.15, 0.2) is 65.6 Å². The van der Waals surface area contributed by atoms with Gasteiger partial charge in [0.15, 0.2) is 0 Å². The van der Waals surface area contributed by atoms with Crippen LogP contribution in [0.3, 0.4) is 0 Å². The molecule has 14 heteroatoms. The molecule has 26 heavy (non-hydrogen) atoms. The second kappa shape index (κ2) is 13.8. The minimum Gasteiger partial charge on any atom is -0.392 e. The first-order valence-corrected chi connectivity index (χ1v) is 10.6. The summed E-state index contributed by atoms with van der Waals surface area (Å²) in [5.41, 5.74) is 0. The van der Waals surface area contributed by atoms with Crippen molar-refractivity contribution in [2.24, 2.45) is 0 Å². The number of phosphoric acid groups is 1. The highest BCUT2D eigenvalue weighted by Gasteiger charge is 2.28. The topological polar surface area (TPSA) is 44.8 Å². The quantitative estimate of drug-likeness (QED) is 0.159. The van der Waals surface area contributed by atoms with Gasteiger partial charge in [0.2, 0.25) is 0 Å². The Labute approximate surface area is 194 Å². The van der Waals surface area contributed by atoms with Crippen molar-refractivity contribution in [3.05, 3.63) is 65.6 Å². The molecule has 0 aliphatic rings. The number of allylic oxidation sites excluding steroid dienone is 6. The molecule has 0 rings (SSSR count). The van der Waals surface area contributed by atoms with Gasteiger partial charge in [0.1, 0.15) is 32.3 Å². The van der Waals surface area contributed by atoms with E-state index >= 15 is 0 Å². The largest absolute Gasteiger partial charge is 0.645 e. The van der Waals surface area contributed by atoms with Crippen LogP contribution in [0.1, 0.15) is 0 Å². The Hall–Kier alpha value is 0.680. The zero-order valence-corrected chi connectivity index (χ0v) is 19.6. The molecule has 0 bridgehead atoms. The molecule has 0 N–H and O–H groups in total. The Balaban J connectivity index is 5.51. The number of hydrogen-bond acceptors (Lipinski definition) is 4. The van der Waals surface area contributed by atoms with Crippen LogP contribution in [-0.2, 0) is 18.1 Å². The fraction of sp³-hybridized carbons (Fsp3) is 0. The van der Waals surface area contributed by atoms with Crippen molar-refractivity contribution < 1.29 is 18.1 Å². The SMILES string of the molecule is O=P(O/C=C(/Cl)C=C(Cl)Cl)(O/C=C(/Cl)C=C(Cl)Cl)O/C=C(/Cl)C=C(Cl)Cl. The third-order valence-corrected chi connectivity index (χ3v) is 3.96. The van der Waals surface area contributed by atoms with Crippen molar-refractivity contribution >= 4 is 112 Å². The molecule has 0 saturated heterocycles. The van der Waals surface area contributed by atoms with Crippen molar-refractivity contribution in [2.45, 2.75) is 0 Å². The normalized spacial score (nSPS) is 12.9. The van der Waals surface area contributed by atoms with E-state index in [1.807, 2.05) is 0 Å². The first kappa shape index (κ1) is 26.7. The molecule has 0 atom stereocenters. The maximum Gasteiger partial charge on any atom is 0.645 e. The molecule has 0 radical (unpaired) electrons. The highest BCUT2D eigenvalue weighted by molar-refractivity contribution is 7.48. The average Bonchev–Trinajstić information content (AvgIpc) is 2.47. The highest BCUT2D eigenvalue weighted by Crippen LogP contribution is 2.51. The van der Waals surface area contributed by atoms with Crippen LogP contribution in [0, 0.1) is 0 Å². The minimum atomic E-state index is -4.34. The van der Waals surface area contributed by atoms with Crippen LogP contribution in [0.2, 0.25) is 0 Å². The van der Waals surface area contributed by atoms with Gasteiger partial charge in [0.05, 0.1) is 15.1 Å². The summed E-state index contributed by atoms with van der Waals surface area (Å²) in [4.78, 5) is 0. The molecule has 0 aromatic carbocycles. The minimum absolute atomic E-state index is 0.130. The summed E-state index contributed by atoms with van der Waals surface area (Å²) >= 11 is 49.7. The summed E-state index contributed by atoms with van der Waals surface area (Å²) in [6, 6.07) is 0. The van der Waals surface area contributed by atoms with Crippen LogP contribution in [0.5, 0.6) is 0 Å². The van der Waals surface area contributed by atoms with Crippen molar-refractivity contribution in [3.8, 4) is 0 Å². The lowest BCUT2D eigenvalue weighted by Crippen LogP contribution is -1.90. The number of halogens is 9. The lowest BCUT2D eigenvalue weighted by molar-refractivity contribution is 0.229. The summed E-state index contributed by atoms with van der Waals surface area (Å²) in [6.07, 6.45) is 5.66. The van der Waals surface area contributed by atoms with E-state index in [0.29, 0.717) is 0 Å². The maximum absolute atomic E-state index is 12.5. The van der Waals surface area contributed by atoms with Gasteiger partial charge < -0.3 is 13.6 Å². The molecule has 0 aromatic heterocycles. The molecule has 146 valence electrons. The van der Waals surface area contributed by atoms with Crippen LogP contribution >= 0.6 is 112 Å². The zero-order chi connectivity index (χ0) is 20.3. The maximum atomic E-state index is 12.5. The molecule has 0 amide bonds. The Bertz CT molecular complexity index is 617. The fourth-order valence-electron chi connectivity index (χ4n) is 0.834. The van der Waals surface area contributed by atoms with Gasteiger partial charge in [-0.05, 0) is 18.2 Å². The van der Waals surface area contributed by atoms with Gasteiger partial charge in [-0.15, -0.1) is 0 Å². The second-order valence-electron chi connectivity index (χ2n) is 3.57. The van der Waals surface area contributed by atoms with Crippen molar-refractivity contribution in [1.29, 1.82) is 0 Å². The highest BCUT2D eigenvalue weighted by atomic mass is 35.5. The summed E-state index contributed by atoms with van der Waals surface area (Å²) in [5, 5.41) is -0.389. The van der Waals surface area contributed by atoms with Crippen LogP contribution in [0.4, 0.5) is 0 Å². The molecule has 0 spiro atoms. The molecular formula is C12H6Cl9O4P. The summed E-state index contributed by atoms with van der Waals surface area (Å²) in [7, 11) is -4.34. The van der Waals surface area contributed by atoms with E-state index in [4.69, 9.17) is 118 Å². The molecule has 0 aromatic rings. The van der Waals surface area contributed by atoms with Crippen LogP contribution in [0.25, 0.3) is 0 Å². The molecule has 0 heterocycles. The number of hydrogen-bond donors (Lipinski definition) is 0. The smallest absolute Gasteiger partial charge is 0.392 e. The molecule has 0 saturated carbocycles.